The lowest BCUT2D eigenvalue weighted by Gasteiger charge is -2.17. The second kappa shape index (κ2) is 5.05. The van der Waals surface area contributed by atoms with Gasteiger partial charge in [0.25, 0.3) is 0 Å². The van der Waals surface area contributed by atoms with Gasteiger partial charge < -0.3 is 4.90 Å². The van der Waals surface area contributed by atoms with E-state index in [4.69, 9.17) is 11.6 Å². The Morgan fingerprint density at radius 3 is 2.67 bits per heavy atom. The summed E-state index contributed by atoms with van der Waals surface area (Å²) in [6, 6.07) is 0. The van der Waals surface area contributed by atoms with Crippen LogP contribution in [0.4, 0.5) is 13.2 Å². The molecule has 1 aliphatic rings. The number of hydrogen-bond acceptors (Lipinski definition) is 1. The van der Waals surface area contributed by atoms with Crippen molar-refractivity contribution in [1.82, 2.24) is 4.90 Å². The Kier molecular flexibility index (Phi) is 4.25. The van der Waals surface area contributed by atoms with E-state index in [9.17, 15) is 18.0 Å². The van der Waals surface area contributed by atoms with Crippen molar-refractivity contribution >= 4 is 17.5 Å². The van der Waals surface area contributed by atoms with E-state index in [0.717, 1.165) is 12.8 Å². The average Bonchev–Trinajstić information content (AvgIpc) is 2.50. The summed E-state index contributed by atoms with van der Waals surface area (Å²) in [5.41, 5.74) is 0. The van der Waals surface area contributed by atoms with Crippen molar-refractivity contribution in [3.05, 3.63) is 0 Å². The van der Waals surface area contributed by atoms with Gasteiger partial charge in [-0.05, 0) is 18.8 Å². The van der Waals surface area contributed by atoms with E-state index in [1.165, 1.54) is 4.90 Å². The normalized spacial score (nSPS) is 22.1. The topological polar surface area (TPSA) is 20.3 Å². The molecule has 1 fully saturated rings. The Labute approximate surface area is 91.4 Å². The van der Waals surface area contributed by atoms with Crippen LogP contribution in [-0.2, 0) is 4.79 Å². The zero-order valence-electron chi connectivity index (χ0n) is 8.19. The third kappa shape index (κ3) is 4.28. The molecule has 0 saturated carbocycles. The SMILES string of the molecule is O=C(CC(F)(F)F)N1CCC(CCCl)C1. The molecule has 1 saturated heterocycles. The van der Waals surface area contributed by atoms with Crippen LogP contribution in [0.3, 0.4) is 0 Å². The van der Waals surface area contributed by atoms with E-state index in [2.05, 4.69) is 0 Å². The smallest absolute Gasteiger partial charge is 0.342 e. The molecule has 0 aromatic heterocycles. The first-order valence-corrected chi connectivity index (χ1v) is 5.36. The number of likely N-dealkylation sites (tertiary alicyclic amines) is 1. The highest BCUT2D eigenvalue weighted by molar-refractivity contribution is 6.17. The lowest BCUT2D eigenvalue weighted by atomic mass is 10.1. The number of rotatable bonds is 3. The molecule has 1 atom stereocenters. The van der Waals surface area contributed by atoms with Crippen LogP contribution >= 0.6 is 11.6 Å². The van der Waals surface area contributed by atoms with Gasteiger partial charge in [0.2, 0.25) is 5.91 Å². The number of alkyl halides is 4. The van der Waals surface area contributed by atoms with E-state index in [-0.39, 0.29) is 5.92 Å². The van der Waals surface area contributed by atoms with Gasteiger partial charge in [0.05, 0.1) is 0 Å². The molecule has 0 aromatic carbocycles. The minimum atomic E-state index is -4.40. The Morgan fingerprint density at radius 1 is 1.47 bits per heavy atom. The number of carbonyl (C=O) groups is 1. The summed E-state index contributed by atoms with van der Waals surface area (Å²) < 4.78 is 35.8. The van der Waals surface area contributed by atoms with E-state index in [0.29, 0.717) is 19.0 Å². The lowest BCUT2D eigenvalue weighted by molar-refractivity contribution is -0.160. The molecule has 1 unspecified atom stereocenters. The van der Waals surface area contributed by atoms with Crippen molar-refractivity contribution < 1.29 is 18.0 Å². The fourth-order valence-corrected chi connectivity index (χ4v) is 2.04. The molecule has 88 valence electrons. The van der Waals surface area contributed by atoms with Gasteiger partial charge in [0, 0.05) is 19.0 Å². The summed E-state index contributed by atoms with van der Waals surface area (Å²) in [4.78, 5) is 12.5. The molecular formula is C9H13ClF3NO. The molecule has 2 nitrogen and oxygen atoms in total. The summed E-state index contributed by atoms with van der Waals surface area (Å²) in [5, 5.41) is 0. The molecule has 1 heterocycles. The Bertz CT molecular complexity index is 232. The minimum Gasteiger partial charge on any atom is -0.342 e. The summed E-state index contributed by atoms with van der Waals surface area (Å²) in [7, 11) is 0. The maximum atomic E-state index is 11.9. The minimum absolute atomic E-state index is 0.264. The zero-order chi connectivity index (χ0) is 11.5. The molecule has 1 rings (SSSR count). The van der Waals surface area contributed by atoms with Crippen LogP contribution < -0.4 is 0 Å². The quantitative estimate of drug-likeness (QED) is 0.697. The molecule has 1 amide bonds. The average molecular weight is 244 g/mol. The second-order valence-electron chi connectivity index (χ2n) is 3.76. The summed E-state index contributed by atoms with van der Waals surface area (Å²) >= 11 is 5.53. The van der Waals surface area contributed by atoms with Crippen molar-refractivity contribution in [2.24, 2.45) is 5.92 Å². The Balaban J connectivity index is 2.37. The van der Waals surface area contributed by atoms with E-state index >= 15 is 0 Å². The van der Waals surface area contributed by atoms with Crippen molar-refractivity contribution in [3.63, 3.8) is 0 Å². The standard InChI is InChI=1S/C9H13ClF3NO/c10-3-1-7-2-4-14(6-7)8(15)5-9(11,12)13/h7H,1-6H2. The highest BCUT2D eigenvalue weighted by atomic mass is 35.5. The van der Waals surface area contributed by atoms with Crippen LogP contribution in [-0.4, -0.2) is 36.0 Å². The predicted molar refractivity (Wildman–Crippen MR) is 50.7 cm³/mol. The third-order valence-corrected chi connectivity index (χ3v) is 2.73. The molecule has 0 aromatic rings. The molecule has 0 radical (unpaired) electrons. The van der Waals surface area contributed by atoms with Crippen molar-refractivity contribution in [1.29, 1.82) is 0 Å². The maximum absolute atomic E-state index is 11.9. The Morgan fingerprint density at radius 2 is 2.13 bits per heavy atom. The number of amides is 1. The zero-order valence-corrected chi connectivity index (χ0v) is 8.94. The van der Waals surface area contributed by atoms with Crippen LogP contribution in [0, 0.1) is 5.92 Å². The highest BCUT2D eigenvalue weighted by Gasteiger charge is 2.35. The van der Waals surface area contributed by atoms with E-state index in [1.54, 1.807) is 0 Å². The van der Waals surface area contributed by atoms with Crippen molar-refractivity contribution in [3.8, 4) is 0 Å². The number of nitrogens with zero attached hydrogens (tertiary/aromatic N) is 1. The van der Waals surface area contributed by atoms with Gasteiger partial charge in [-0.1, -0.05) is 0 Å². The number of carbonyl (C=O) groups excluding carboxylic acids is 1. The highest BCUT2D eigenvalue weighted by Crippen LogP contribution is 2.25. The van der Waals surface area contributed by atoms with Gasteiger partial charge >= 0.3 is 6.18 Å². The monoisotopic (exact) mass is 243 g/mol. The largest absolute Gasteiger partial charge is 0.397 e. The van der Waals surface area contributed by atoms with Gasteiger partial charge in [-0.15, -0.1) is 11.6 Å². The van der Waals surface area contributed by atoms with Gasteiger partial charge in [-0.3, -0.25) is 4.79 Å². The first-order valence-electron chi connectivity index (χ1n) is 4.83. The van der Waals surface area contributed by atoms with E-state index < -0.39 is 18.5 Å². The Hall–Kier alpha value is -0.450. The first-order chi connectivity index (χ1) is 6.92. The molecule has 0 spiro atoms. The van der Waals surface area contributed by atoms with E-state index in [1.807, 2.05) is 0 Å². The summed E-state index contributed by atoms with van der Waals surface area (Å²) in [5.74, 6) is -0.0642. The third-order valence-electron chi connectivity index (χ3n) is 2.51. The van der Waals surface area contributed by atoms with Crippen LogP contribution in [0.5, 0.6) is 0 Å². The first kappa shape index (κ1) is 12.6. The molecule has 15 heavy (non-hydrogen) atoms. The molecule has 0 N–H and O–H groups in total. The lowest BCUT2D eigenvalue weighted by Crippen LogP contribution is -2.32. The molecule has 1 aliphatic heterocycles. The molecule has 0 aliphatic carbocycles. The fraction of sp³-hybridized carbons (Fsp3) is 0.889. The van der Waals surface area contributed by atoms with Gasteiger partial charge in [-0.2, -0.15) is 13.2 Å². The molecule has 0 bridgehead atoms. The fourth-order valence-electron chi connectivity index (χ4n) is 1.73. The predicted octanol–water partition coefficient (Wildman–Crippen LogP) is 2.42. The molecule has 6 heteroatoms. The van der Waals surface area contributed by atoms with Crippen LogP contribution in [0.15, 0.2) is 0 Å². The summed E-state index contributed by atoms with van der Waals surface area (Å²) in [6.45, 7) is 0.845. The van der Waals surface area contributed by atoms with Crippen LogP contribution in [0.2, 0.25) is 0 Å². The van der Waals surface area contributed by atoms with Gasteiger partial charge in [0.1, 0.15) is 6.42 Å². The van der Waals surface area contributed by atoms with Crippen LogP contribution in [0.25, 0.3) is 0 Å². The number of halogens is 4. The van der Waals surface area contributed by atoms with Crippen LogP contribution in [0.1, 0.15) is 19.3 Å². The summed E-state index contributed by atoms with van der Waals surface area (Å²) in [6.07, 6.45) is -4.23. The van der Waals surface area contributed by atoms with Gasteiger partial charge in [0.15, 0.2) is 0 Å². The molecular weight excluding hydrogens is 231 g/mol. The van der Waals surface area contributed by atoms with Gasteiger partial charge in [-0.25, -0.2) is 0 Å². The second-order valence-corrected chi connectivity index (χ2v) is 4.14. The maximum Gasteiger partial charge on any atom is 0.397 e. The van der Waals surface area contributed by atoms with Crippen molar-refractivity contribution in [2.45, 2.75) is 25.4 Å². The van der Waals surface area contributed by atoms with Crippen molar-refractivity contribution in [2.75, 3.05) is 19.0 Å². The number of hydrogen-bond donors (Lipinski definition) is 0.